The lowest BCUT2D eigenvalue weighted by atomic mass is 9.92. The van der Waals surface area contributed by atoms with Crippen LogP contribution in [0.5, 0.6) is 0 Å². The van der Waals surface area contributed by atoms with Crippen molar-refractivity contribution in [3.63, 3.8) is 0 Å². The first-order valence-electron chi connectivity index (χ1n) is 8.81. The first-order chi connectivity index (χ1) is 13.5. The van der Waals surface area contributed by atoms with Gasteiger partial charge in [-0.2, -0.15) is 0 Å². The SMILES string of the molecule is Cc1ccc(C2=C(O)C(=O)N(c3ccc(Br)cc3)[C@@H]2c2ccccc2F)cc1. The smallest absolute Gasteiger partial charge is 0.294 e. The van der Waals surface area contributed by atoms with Crippen LogP contribution in [0.15, 0.2) is 83.0 Å². The van der Waals surface area contributed by atoms with E-state index in [0.717, 1.165) is 10.0 Å². The molecule has 0 bridgehead atoms. The molecule has 0 radical (unpaired) electrons. The van der Waals surface area contributed by atoms with E-state index in [0.29, 0.717) is 22.4 Å². The third kappa shape index (κ3) is 3.12. The number of rotatable bonds is 3. The van der Waals surface area contributed by atoms with Crippen molar-refractivity contribution in [3.8, 4) is 0 Å². The van der Waals surface area contributed by atoms with Gasteiger partial charge in [-0.25, -0.2) is 4.39 Å². The Morgan fingerprint density at radius 3 is 2.25 bits per heavy atom. The second-order valence-electron chi connectivity index (χ2n) is 6.70. The minimum Gasteiger partial charge on any atom is -0.503 e. The van der Waals surface area contributed by atoms with Crippen molar-refractivity contribution in [2.75, 3.05) is 4.90 Å². The first-order valence-corrected chi connectivity index (χ1v) is 9.60. The maximum absolute atomic E-state index is 14.8. The van der Waals surface area contributed by atoms with E-state index < -0.39 is 17.8 Å². The van der Waals surface area contributed by atoms with Crippen LogP contribution in [0.4, 0.5) is 10.1 Å². The Balaban J connectivity index is 1.93. The van der Waals surface area contributed by atoms with Crippen LogP contribution in [0.25, 0.3) is 5.57 Å². The second-order valence-corrected chi connectivity index (χ2v) is 7.62. The van der Waals surface area contributed by atoms with Gasteiger partial charge in [-0.15, -0.1) is 0 Å². The molecule has 3 aromatic rings. The molecular formula is C23H17BrFNO2. The number of aliphatic hydroxyl groups is 1. The number of carbonyl (C=O) groups is 1. The number of halogens is 2. The van der Waals surface area contributed by atoms with E-state index in [1.54, 1.807) is 30.3 Å². The van der Waals surface area contributed by atoms with Crippen molar-refractivity contribution in [2.45, 2.75) is 13.0 Å². The number of hydrogen-bond acceptors (Lipinski definition) is 2. The summed E-state index contributed by atoms with van der Waals surface area (Å²) in [5, 5.41) is 10.7. The lowest BCUT2D eigenvalue weighted by Gasteiger charge is -2.27. The molecule has 0 saturated heterocycles. The quantitative estimate of drug-likeness (QED) is 0.549. The van der Waals surface area contributed by atoms with E-state index in [9.17, 15) is 14.3 Å². The molecule has 1 heterocycles. The fourth-order valence-corrected chi connectivity index (χ4v) is 3.76. The molecule has 0 aromatic heterocycles. The van der Waals surface area contributed by atoms with E-state index in [-0.39, 0.29) is 5.76 Å². The third-order valence-electron chi connectivity index (χ3n) is 4.88. The Morgan fingerprint density at radius 2 is 1.61 bits per heavy atom. The van der Waals surface area contributed by atoms with Gasteiger partial charge < -0.3 is 5.11 Å². The predicted molar refractivity (Wildman–Crippen MR) is 111 cm³/mol. The fraction of sp³-hybridized carbons (Fsp3) is 0.0870. The van der Waals surface area contributed by atoms with Gasteiger partial charge in [-0.05, 0) is 42.8 Å². The molecule has 1 atom stereocenters. The van der Waals surface area contributed by atoms with Crippen LogP contribution in [-0.4, -0.2) is 11.0 Å². The molecule has 0 fully saturated rings. The largest absolute Gasteiger partial charge is 0.503 e. The summed E-state index contributed by atoms with van der Waals surface area (Å²) in [6, 6.07) is 20.2. The standard InChI is InChI=1S/C23H17BrFNO2/c1-14-6-8-15(9-7-14)20-21(18-4-2-3-5-19(18)25)26(23(28)22(20)27)17-12-10-16(24)11-13-17/h2-13,21,27H,1H3/t21-/m1/s1. The number of hydrogen-bond donors (Lipinski definition) is 1. The number of aliphatic hydroxyl groups excluding tert-OH is 1. The third-order valence-corrected chi connectivity index (χ3v) is 5.40. The van der Waals surface area contributed by atoms with Gasteiger partial charge in [0.25, 0.3) is 5.91 Å². The van der Waals surface area contributed by atoms with Crippen LogP contribution < -0.4 is 4.90 Å². The van der Waals surface area contributed by atoms with Gasteiger partial charge in [-0.1, -0.05) is 64.0 Å². The van der Waals surface area contributed by atoms with Crippen molar-refractivity contribution < 1.29 is 14.3 Å². The summed E-state index contributed by atoms with van der Waals surface area (Å²) < 4.78 is 15.6. The Morgan fingerprint density at radius 1 is 0.964 bits per heavy atom. The molecule has 0 aliphatic carbocycles. The number of benzene rings is 3. The van der Waals surface area contributed by atoms with E-state index in [2.05, 4.69) is 15.9 Å². The molecule has 28 heavy (non-hydrogen) atoms. The van der Waals surface area contributed by atoms with Crippen LogP contribution in [0.1, 0.15) is 22.7 Å². The summed E-state index contributed by atoms with van der Waals surface area (Å²) in [4.78, 5) is 14.5. The van der Waals surface area contributed by atoms with Gasteiger partial charge in [0.2, 0.25) is 0 Å². The monoisotopic (exact) mass is 437 g/mol. The summed E-state index contributed by atoms with van der Waals surface area (Å²) in [5.74, 6) is -1.34. The summed E-state index contributed by atoms with van der Waals surface area (Å²) in [6.45, 7) is 1.96. The number of carbonyl (C=O) groups excluding carboxylic acids is 1. The highest BCUT2D eigenvalue weighted by atomic mass is 79.9. The molecule has 0 spiro atoms. The second kappa shape index (κ2) is 7.24. The van der Waals surface area contributed by atoms with E-state index >= 15 is 0 Å². The molecule has 3 nitrogen and oxygen atoms in total. The van der Waals surface area contributed by atoms with E-state index in [1.807, 2.05) is 43.3 Å². The molecule has 0 unspecified atom stereocenters. The van der Waals surface area contributed by atoms with Gasteiger partial charge in [-0.3, -0.25) is 9.69 Å². The van der Waals surface area contributed by atoms with Gasteiger partial charge in [0.15, 0.2) is 5.76 Å². The molecule has 1 aliphatic heterocycles. The Labute approximate surface area is 170 Å². The topological polar surface area (TPSA) is 40.5 Å². The Hall–Kier alpha value is -2.92. The molecule has 1 aliphatic rings. The molecular weight excluding hydrogens is 421 g/mol. The number of nitrogens with zero attached hydrogens (tertiary/aromatic N) is 1. The van der Waals surface area contributed by atoms with Gasteiger partial charge in [0.05, 0.1) is 6.04 Å². The molecule has 1 N–H and O–H groups in total. The maximum Gasteiger partial charge on any atom is 0.294 e. The van der Waals surface area contributed by atoms with E-state index in [1.165, 1.54) is 11.0 Å². The molecule has 0 saturated carbocycles. The van der Waals surface area contributed by atoms with Gasteiger partial charge in [0.1, 0.15) is 5.82 Å². The Kier molecular flexibility index (Phi) is 4.77. The molecule has 140 valence electrons. The minimum absolute atomic E-state index is 0.332. The van der Waals surface area contributed by atoms with Crippen LogP contribution in [0, 0.1) is 12.7 Å². The minimum atomic E-state index is -0.766. The molecule has 4 rings (SSSR count). The zero-order valence-corrected chi connectivity index (χ0v) is 16.7. The highest BCUT2D eigenvalue weighted by Gasteiger charge is 2.42. The fourth-order valence-electron chi connectivity index (χ4n) is 3.49. The lowest BCUT2D eigenvalue weighted by Crippen LogP contribution is -2.30. The van der Waals surface area contributed by atoms with Crippen LogP contribution in [0.2, 0.25) is 0 Å². The summed E-state index contributed by atoms with van der Waals surface area (Å²) in [7, 11) is 0. The highest BCUT2D eigenvalue weighted by Crippen LogP contribution is 2.46. The summed E-state index contributed by atoms with van der Waals surface area (Å²) in [5.41, 5.74) is 3.05. The lowest BCUT2D eigenvalue weighted by molar-refractivity contribution is -0.117. The van der Waals surface area contributed by atoms with Crippen molar-refractivity contribution in [1.82, 2.24) is 0 Å². The van der Waals surface area contributed by atoms with Crippen molar-refractivity contribution in [3.05, 3.63) is 106 Å². The average molecular weight is 438 g/mol. The van der Waals surface area contributed by atoms with Crippen molar-refractivity contribution in [2.24, 2.45) is 0 Å². The maximum atomic E-state index is 14.8. The predicted octanol–water partition coefficient (Wildman–Crippen LogP) is 5.95. The molecule has 5 heteroatoms. The average Bonchev–Trinajstić information content (AvgIpc) is 2.95. The normalized spacial score (nSPS) is 16.8. The van der Waals surface area contributed by atoms with Crippen LogP contribution in [0.3, 0.4) is 0 Å². The van der Waals surface area contributed by atoms with Gasteiger partial charge in [0, 0.05) is 21.3 Å². The van der Waals surface area contributed by atoms with Gasteiger partial charge >= 0.3 is 0 Å². The molecule has 1 amide bonds. The summed E-state index contributed by atoms with van der Waals surface area (Å²) >= 11 is 3.38. The zero-order valence-electron chi connectivity index (χ0n) is 15.1. The number of amides is 1. The van der Waals surface area contributed by atoms with E-state index in [4.69, 9.17) is 0 Å². The van der Waals surface area contributed by atoms with Crippen molar-refractivity contribution in [1.29, 1.82) is 0 Å². The Bertz CT molecular complexity index is 1070. The van der Waals surface area contributed by atoms with Crippen LogP contribution in [-0.2, 0) is 4.79 Å². The zero-order chi connectivity index (χ0) is 19.8. The molecule has 3 aromatic carbocycles. The number of anilines is 1. The number of aryl methyl sites for hydroxylation is 1. The van der Waals surface area contributed by atoms with Crippen molar-refractivity contribution >= 4 is 33.1 Å². The highest BCUT2D eigenvalue weighted by molar-refractivity contribution is 9.10. The summed E-state index contributed by atoms with van der Waals surface area (Å²) in [6.07, 6.45) is 0. The first kappa shape index (κ1) is 18.4. The van der Waals surface area contributed by atoms with Crippen LogP contribution >= 0.6 is 15.9 Å².